The van der Waals surface area contributed by atoms with Crippen LogP contribution < -0.4 is 5.32 Å². The summed E-state index contributed by atoms with van der Waals surface area (Å²) in [6, 6.07) is 5.73. The summed E-state index contributed by atoms with van der Waals surface area (Å²) in [5, 5.41) is 2.67. The third-order valence-electron chi connectivity index (χ3n) is 7.45. The van der Waals surface area contributed by atoms with E-state index in [9.17, 15) is 22.4 Å². The molecule has 1 amide bonds. The number of amides is 1. The fourth-order valence-electron chi connectivity index (χ4n) is 5.17. The second kappa shape index (κ2) is 15.2. The Labute approximate surface area is 258 Å². The molecule has 1 aromatic carbocycles. The zero-order valence-corrected chi connectivity index (χ0v) is 26.4. The molecule has 1 N–H and O–H groups in total. The maximum Gasteiger partial charge on any atom is 0.334 e. The highest BCUT2D eigenvalue weighted by Gasteiger charge is 2.43. The number of hydrogen-bond donors (Lipinski definition) is 1. The first kappa shape index (κ1) is 33.6. The fourth-order valence-corrected chi connectivity index (χ4v) is 6.15. The Kier molecular flexibility index (Phi) is 11.6. The van der Waals surface area contributed by atoms with Crippen molar-refractivity contribution in [2.45, 2.75) is 45.3 Å². The van der Waals surface area contributed by atoms with Crippen molar-refractivity contribution in [2.75, 3.05) is 59.5 Å². The molecule has 0 bridgehead atoms. The van der Waals surface area contributed by atoms with Crippen LogP contribution in [0.2, 0.25) is 0 Å². The van der Waals surface area contributed by atoms with Gasteiger partial charge in [0.25, 0.3) is 5.91 Å². The summed E-state index contributed by atoms with van der Waals surface area (Å²) in [4.78, 5) is 24.6. The van der Waals surface area contributed by atoms with E-state index in [-0.39, 0.29) is 64.4 Å². The van der Waals surface area contributed by atoms with Gasteiger partial charge in [0.05, 0.1) is 58.0 Å². The molecular weight excluding hydrogens is 595 g/mol. The van der Waals surface area contributed by atoms with Gasteiger partial charge in [0.2, 0.25) is 10.0 Å². The number of allylic oxidation sites excluding steroid dienone is 2. The largest absolute Gasteiger partial charge is 0.484 e. The number of carbonyl (C=O) groups excluding carboxylic acids is 2. The summed E-state index contributed by atoms with van der Waals surface area (Å²) >= 11 is 0. The van der Waals surface area contributed by atoms with E-state index in [0.29, 0.717) is 28.2 Å². The van der Waals surface area contributed by atoms with E-state index < -0.39 is 34.0 Å². The average molecular weight is 637 g/mol. The molecule has 242 valence electrons. The fraction of sp³-hybridized carbons (Fsp3) is 0.548. The Hall–Kier alpha value is -3.26. The molecule has 13 heteroatoms. The maximum absolute atomic E-state index is 13.6. The molecule has 0 saturated heterocycles. The van der Waals surface area contributed by atoms with Crippen molar-refractivity contribution < 1.29 is 46.1 Å². The second-order valence-corrected chi connectivity index (χ2v) is 12.6. The summed E-state index contributed by atoms with van der Waals surface area (Å²) in [7, 11) is -2.13. The highest BCUT2D eigenvalue weighted by atomic mass is 32.2. The molecule has 0 spiro atoms. The number of rotatable bonds is 17. The zero-order valence-electron chi connectivity index (χ0n) is 25.6. The number of ether oxygens (including phenoxy) is 5. The van der Waals surface area contributed by atoms with Gasteiger partial charge in [-0.25, -0.2) is 17.6 Å². The van der Waals surface area contributed by atoms with Gasteiger partial charge in [-0.2, -0.15) is 0 Å². The van der Waals surface area contributed by atoms with Crippen LogP contribution in [0, 0.1) is 11.7 Å². The number of fused-ring (bicyclic) bond motifs is 1. The molecule has 2 unspecified atom stereocenters. The third kappa shape index (κ3) is 8.46. The molecular formula is C31H41FN2O9S. The Morgan fingerprint density at radius 2 is 1.75 bits per heavy atom. The molecule has 1 saturated carbocycles. The minimum atomic E-state index is -3.67. The lowest BCUT2D eigenvalue weighted by Crippen LogP contribution is -2.36. The van der Waals surface area contributed by atoms with Gasteiger partial charge in [-0.3, -0.25) is 9.10 Å². The van der Waals surface area contributed by atoms with E-state index in [2.05, 4.69) is 5.32 Å². The Bertz CT molecular complexity index is 1400. The van der Waals surface area contributed by atoms with Gasteiger partial charge in [-0.15, -0.1) is 0 Å². The van der Waals surface area contributed by atoms with E-state index >= 15 is 0 Å². The summed E-state index contributed by atoms with van der Waals surface area (Å²) < 4.78 is 68.8. The molecule has 3 aliphatic rings. The monoisotopic (exact) mass is 636 g/mol. The SMILES string of the molecule is CCOC(=O)C(C)OCCOCCOCCN(C1=C(C2CC2)C=C2C(C(=O)NC)=C(c3ccc(F)cc3)OC2C1)S(C)(=O)=O. The van der Waals surface area contributed by atoms with E-state index in [0.717, 1.165) is 24.7 Å². The van der Waals surface area contributed by atoms with E-state index in [1.54, 1.807) is 26.0 Å². The first-order valence-corrected chi connectivity index (χ1v) is 16.6. The molecule has 44 heavy (non-hydrogen) atoms. The minimum Gasteiger partial charge on any atom is -0.484 e. The van der Waals surface area contributed by atoms with Gasteiger partial charge in [0, 0.05) is 30.3 Å². The number of carbonyl (C=O) groups is 2. The van der Waals surface area contributed by atoms with Crippen LogP contribution >= 0.6 is 0 Å². The molecule has 1 fully saturated rings. The molecule has 2 atom stereocenters. The summed E-state index contributed by atoms with van der Waals surface area (Å²) in [5.41, 5.74) is 3.14. The van der Waals surface area contributed by atoms with Crippen LogP contribution in [-0.2, 0) is 43.3 Å². The maximum atomic E-state index is 13.6. The van der Waals surface area contributed by atoms with Crippen molar-refractivity contribution >= 4 is 27.7 Å². The van der Waals surface area contributed by atoms with Crippen molar-refractivity contribution in [1.29, 1.82) is 0 Å². The number of esters is 1. The molecule has 1 aromatic rings. The number of nitrogens with zero attached hydrogens (tertiary/aromatic N) is 1. The Morgan fingerprint density at radius 1 is 1.09 bits per heavy atom. The summed E-state index contributed by atoms with van der Waals surface area (Å²) in [6.07, 6.45) is 3.91. The van der Waals surface area contributed by atoms with Gasteiger partial charge in [0.15, 0.2) is 6.10 Å². The van der Waals surface area contributed by atoms with Gasteiger partial charge in [0.1, 0.15) is 17.7 Å². The van der Waals surface area contributed by atoms with E-state index in [1.165, 1.54) is 23.5 Å². The van der Waals surface area contributed by atoms with Crippen LogP contribution in [0.5, 0.6) is 0 Å². The molecule has 0 radical (unpaired) electrons. The number of nitrogens with one attached hydrogen (secondary N) is 1. The third-order valence-corrected chi connectivity index (χ3v) is 8.65. The van der Waals surface area contributed by atoms with E-state index in [1.807, 2.05) is 6.08 Å². The van der Waals surface area contributed by atoms with Gasteiger partial charge >= 0.3 is 5.97 Å². The number of halogens is 1. The lowest BCUT2D eigenvalue weighted by Gasteiger charge is -2.32. The summed E-state index contributed by atoms with van der Waals surface area (Å²) in [5.74, 6) is -0.629. The summed E-state index contributed by atoms with van der Waals surface area (Å²) in [6.45, 7) is 4.87. The van der Waals surface area contributed by atoms with Gasteiger partial charge in [-0.05, 0) is 68.5 Å². The van der Waals surface area contributed by atoms with Crippen molar-refractivity contribution in [2.24, 2.45) is 5.92 Å². The van der Waals surface area contributed by atoms with E-state index in [4.69, 9.17) is 23.7 Å². The highest BCUT2D eigenvalue weighted by Crippen LogP contribution is 2.49. The molecule has 1 heterocycles. The Balaban J connectivity index is 1.40. The first-order chi connectivity index (χ1) is 21.0. The standard InChI is InChI=1S/C31H41FN2O9S/c1-5-41-31(36)20(2)42-17-16-40-15-14-39-13-12-34(44(4,37)38)26-19-27-25(18-24(26)21-6-7-21)28(30(35)33-3)29(43-27)22-8-10-23(32)11-9-22/h8-11,18,20-21,27H,5-7,12-17,19H2,1-4H3,(H,33,35). The lowest BCUT2D eigenvalue weighted by atomic mass is 9.87. The minimum absolute atomic E-state index is 0.0982. The van der Waals surface area contributed by atoms with Crippen molar-refractivity contribution in [1.82, 2.24) is 9.62 Å². The number of likely N-dealkylation sites (N-methyl/N-ethyl adjacent to an activating group) is 1. The predicted octanol–water partition coefficient (Wildman–Crippen LogP) is 2.94. The quantitative estimate of drug-likeness (QED) is 0.203. The zero-order chi connectivity index (χ0) is 31.9. The van der Waals surface area contributed by atoms with Crippen LogP contribution in [0.4, 0.5) is 4.39 Å². The van der Waals surface area contributed by atoms with Crippen LogP contribution in [0.1, 0.15) is 38.7 Å². The van der Waals surface area contributed by atoms with Crippen molar-refractivity contribution in [3.05, 3.63) is 64.1 Å². The predicted molar refractivity (Wildman–Crippen MR) is 160 cm³/mol. The normalized spacial score (nSPS) is 18.8. The van der Waals surface area contributed by atoms with Crippen LogP contribution in [0.25, 0.3) is 5.76 Å². The number of benzene rings is 1. The second-order valence-electron chi connectivity index (χ2n) is 10.7. The van der Waals surface area contributed by atoms with Crippen LogP contribution in [0.3, 0.4) is 0 Å². The molecule has 4 rings (SSSR count). The van der Waals surface area contributed by atoms with Crippen molar-refractivity contribution in [3.63, 3.8) is 0 Å². The lowest BCUT2D eigenvalue weighted by molar-refractivity contribution is -0.156. The smallest absolute Gasteiger partial charge is 0.334 e. The number of sulfonamides is 1. The molecule has 11 nitrogen and oxygen atoms in total. The van der Waals surface area contributed by atoms with Crippen molar-refractivity contribution in [3.8, 4) is 0 Å². The Morgan fingerprint density at radius 3 is 2.36 bits per heavy atom. The molecule has 1 aliphatic heterocycles. The molecule has 0 aromatic heterocycles. The van der Waals surface area contributed by atoms with Gasteiger partial charge in [-0.1, -0.05) is 0 Å². The topological polar surface area (TPSA) is 130 Å². The van der Waals surface area contributed by atoms with Gasteiger partial charge < -0.3 is 29.0 Å². The molecule has 2 aliphatic carbocycles. The average Bonchev–Trinajstić information content (AvgIpc) is 3.77. The first-order valence-electron chi connectivity index (χ1n) is 14.8. The highest BCUT2D eigenvalue weighted by molar-refractivity contribution is 7.88. The number of hydrogen-bond acceptors (Lipinski definition) is 9. The van der Waals surface area contributed by atoms with Crippen LogP contribution in [-0.4, -0.2) is 96.3 Å². The van der Waals surface area contributed by atoms with Crippen LogP contribution in [0.15, 0.2) is 52.8 Å².